The molecule has 88 valence electrons. The van der Waals surface area contributed by atoms with E-state index in [1.807, 2.05) is 17.4 Å². The van der Waals surface area contributed by atoms with E-state index in [0.29, 0.717) is 0 Å². The first kappa shape index (κ1) is 11.0. The summed E-state index contributed by atoms with van der Waals surface area (Å²) in [4.78, 5) is 2.63. The summed E-state index contributed by atoms with van der Waals surface area (Å²) >= 11 is 1.83. The van der Waals surface area contributed by atoms with E-state index in [1.54, 1.807) is 0 Å². The third kappa shape index (κ3) is 2.41. The van der Waals surface area contributed by atoms with E-state index in [0.717, 1.165) is 19.7 Å². The van der Waals surface area contributed by atoms with E-state index in [1.165, 1.54) is 15.3 Å². The molecule has 2 nitrogen and oxygen atoms in total. The first-order valence-electron chi connectivity index (χ1n) is 5.91. The smallest absolute Gasteiger partial charge is 0.104 e. The number of benzene rings is 1. The molecular formula is C14H15NOS. The predicted molar refractivity (Wildman–Crippen MR) is 71.3 cm³/mol. The molecule has 0 saturated carbocycles. The molecule has 0 aliphatic carbocycles. The van der Waals surface area contributed by atoms with E-state index in [2.05, 4.69) is 41.7 Å². The Bertz CT molecular complexity index is 474. The van der Waals surface area contributed by atoms with Crippen LogP contribution in [0.4, 0.5) is 0 Å². The van der Waals surface area contributed by atoms with Crippen LogP contribution in [0.3, 0.4) is 0 Å². The Hall–Kier alpha value is -1.16. The zero-order valence-electron chi connectivity index (χ0n) is 9.56. The van der Waals surface area contributed by atoms with Gasteiger partial charge in [-0.2, -0.15) is 0 Å². The molecule has 1 fully saturated rings. The van der Waals surface area contributed by atoms with Gasteiger partial charge >= 0.3 is 0 Å². The molecule has 0 radical (unpaired) electrons. The van der Waals surface area contributed by atoms with Gasteiger partial charge in [0.25, 0.3) is 0 Å². The number of nitrogens with one attached hydrogen (secondary N) is 1. The van der Waals surface area contributed by atoms with Gasteiger partial charge in [0.2, 0.25) is 0 Å². The Kier molecular flexibility index (Phi) is 3.22. The van der Waals surface area contributed by atoms with Crippen molar-refractivity contribution in [3.05, 3.63) is 47.3 Å². The monoisotopic (exact) mass is 245 g/mol. The maximum Gasteiger partial charge on any atom is 0.104 e. The number of rotatable bonds is 2. The zero-order chi connectivity index (χ0) is 11.5. The Morgan fingerprint density at radius 3 is 2.76 bits per heavy atom. The third-order valence-corrected chi connectivity index (χ3v) is 4.16. The van der Waals surface area contributed by atoms with Crippen LogP contribution in [0, 0.1) is 0 Å². The van der Waals surface area contributed by atoms with Crippen molar-refractivity contribution in [3.63, 3.8) is 0 Å². The molecule has 17 heavy (non-hydrogen) atoms. The van der Waals surface area contributed by atoms with E-state index in [4.69, 9.17) is 4.74 Å². The maximum atomic E-state index is 5.76. The summed E-state index contributed by atoms with van der Waals surface area (Å²) in [5.41, 5.74) is 1.28. The summed E-state index contributed by atoms with van der Waals surface area (Å²) in [6.07, 6.45) is 0.228. The second-order valence-corrected chi connectivity index (χ2v) is 5.25. The fraction of sp³-hybridized carbons (Fsp3) is 0.286. The van der Waals surface area contributed by atoms with Gasteiger partial charge in [0.05, 0.1) is 6.61 Å². The van der Waals surface area contributed by atoms with Crippen molar-refractivity contribution in [2.75, 3.05) is 19.7 Å². The van der Waals surface area contributed by atoms with Crippen LogP contribution in [-0.2, 0) is 4.74 Å². The second-order valence-electron chi connectivity index (χ2n) is 4.13. The molecular weight excluding hydrogens is 230 g/mol. The van der Waals surface area contributed by atoms with E-state index in [9.17, 15) is 0 Å². The van der Waals surface area contributed by atoms with Crippen molar-refractivity contribution in [3.8, 4) is 10.4 Å². The molecule has 1 saturated heterocycles. The minimum atomic E-state index is 0.228. The molecule has 0 amide bonds. The maximum absolute atomic E-state index is 5.76. The molecule has 0 bridgehead atoms. The lowest BCUT2D eigenvalue weighted by Crippen LogP contribution is -2.32. The molecule has 0 spiro atoms. The molecule has 1 aliphatic heterocycles. The van der Waals surface area contributed by atoms with Gasteiger partial charge in [0, 0.05) is 22.8 Å². The predicted octanol–water partition coefficient (Wildman–Crippen LogP) is 3.08. The van der Waals surface area contributed by atoms with Crippen molar-refractivity contribution < 1.29 is 4.74 Å². The summed E-state index contributed by atoms with van der Waals surface area (Å²) in [7, 11) is 0. The van der Waals surface area contributed by atoms with Gasteiger partial charge in [-0.1, -0.05) is 30.3 Å². The lowest BCUT2D eigenvalue weighted by atomic mass is 10.2. The highest BCUT2D eigenvalue weighted by atomic mass is 32.1. The average Bonchev–Trinajstić information content (AvgIpc) is 2.90. The van der Waals surface area contributed by atoms with Crippen LogP contribution in [0.2, 0.25) is 0 Å². The van der Waals surface area contributed by atoms with Crippen LogP contribution < -0.4 is 5.32 Å². The summed E-state index contributed by atoms with van der Waals surface area (Å²) in [6.45, 7) is 2.70. The van der Waals surface area contributed by atoms with Crippen molar-refractivity contribution in [1.82, 2.24) is 5.32 Å². The van der Waals surface area contributed by atoms with Gasteiger partial charge in [-0.05, 0) is 17.7 Å². The van der Waals surface area contributed by atoms with Crippen LogP contribution in [0.5, 0.6) is 0 Å². The van der Waals surface area contributed by atoms with E-state index >= 15 is 0 Å². The second kappa shape index (κ2) is 5.00. The highest BCUT2D eigenvalue weighted by molar-refractivity contribution is 7.15. The highest BCUT2D eigenvalue weighted by Gasteiger charge is 2.17. The molecule has 1 aromatic carbocycles. The molecule has 1 unspecified atom stereocenters. The van der Waals surface area contributed by atoms with Crippen LogP contribution in [0.1, 0.15) is 11.0 Å². The van der Waals surface area contributed by atoms with Crippen molar-refractivity contribution in [2.45, 2.75) is 6.10 Å². The zero-order valence-corrected chi connectivity index (χ0v) is 10.4. The van der Waals surface area contributed by atoms with Crippen LogP contribution in [-0.4, -0.2) is 19.7 Å². The SMILES string of the molecule is c1ccc(-c2ccc(C3CNCCO3)s2)cc1. The van der Waals surface area contributed by atoms with E-state index < -0.39 is 0 Å². The Morgan fingerprint density at radius 1 is 1.12 bits per heavy atom. The molecule has 2 heterocycles. The van der Waals surface area contributed by atoms with Gasteiger partial charge in [0.1, 0.15) is 6.10 Å². The Morgan fingerprint density at radius 2 is 2.00 bits per heavy atom. The summed E-state index contributed by atoms with van der Waals surface area (Å²) in [5.74, 6) is 0. The Labute approximate surface area is 105 Å². The standard InChI is InChI=1S/C14H15NOS/c1-2-4-11(5-3-1)13-6-7-14(17-13)12-10-15-8-9-16-12/h1-7,12,15H,8-10H2. The first-order chi connectivity index (χ1) is 8.43. The summed E-state index contributed by atoms with van der Waals surface area (Å²) in [5, 5.41) is 3.36. The first-order valence-corrected chi connectivity index (χ1v) is 6.72. The van der Waals surface area contributed by atoms with Crippen LogP contribution >= 0.6 is 11.3 Å². The van der Waals surface area contributed by atoms with E-state index in [-0.39, 0.29) is 6.10 Å². The van der Waals surface area contributed by atoms with Crippen LogP contribution in [0.15, 0.2) is 42.5 Å². The minimum absolute atomic E-state index is 0.228. The lowest BCUT2D eigenvalue weighted by molar-refractivity contribution is 0.0299. The number of hydrogen-bond acceptors (Lipinski definition) is 3. The van der Waals surface area contributed by atoms with Crippen molar-refractivity contribution in [2.24, 2.45) is 0 Å². The normalized spacial score (nSPS) is 20.4. The molecule has 3 rings (SSSR count). The minimum Gasteiger partial charge on any atom is -0.370 e. The Balaban J connectivity index is 1.83. The number of morpholine rings is 1. The quantitative estimate of drug-likeness (QED) is 0.878. The lowest BCUT2D eigenvalue weighted by Gasteiger charge is -2.22. The molecule has 1 aliphatic rings. The molecule has 1 N–H and O–H groups in total. The molecule has 2 aromatic rings. The average molecular weight is 245 g/mol. The van der Waals surface area contributed by atoms with Crippen LogP contribution in [0.25, 0.3) is 10.4 Å². The van der Waals surface area contributed by atoms with Gasteiger partial charge in [0.15, 0.2) is 0 Å². The van der Waals surface area contributed by atoms with Gasteiger partial charge < -0.3 is 10.1 Å². The third-order valence-electron chi connectivity index (χ3n) is 2.93. The highest BCUT2D eigenvalue weighted by Crippen LogP contribution is 2.32. The summed E-state index contributed by atoms with van der Waals surface area (Å²) < 4.78 is 5.76. The molecule has 1 aromatic heterocycles. The van der Waals surface area contributed by atoms with Crippen molar-refractivity contribution >= 4 is 11.3 Å². The largest absolute Gasteiger partial charge is 0.370 e. The topological polar surface area (TPSA) is 21.3 Å². The number of hydrogen-bond donors (Lipinski definition) is 1. The van der Waals surface area contributed by atoms with Gasteiger partial charge in [-0.3, -0.25) is 0 Å². The molecule has 3 heteroatoms. The fourth-order valence-electron chi connectivity index (χ4n) is 2.03. The fourth-order valence-corrected chi connectivity index (χ4v) is 3.09. The number of ether oxygens (including phenoxy) is 1. The molecule has 1 atom stereocenters. The van der Waals surface area contributed by atoms with Gasteiger partial charge in [-0.25, -0.2) is 0 Å². The van der Waals surface area contributed by atoms with Gasteiger partial charge in [-0.15, -0.1) is 11.3 Å². The number of thiophene rings is 1. The summed E-state index contributed by atoms with van der Waals surface area (Å²) in [6, 6.07) is 14.9. The van der Waals surface area contributed by atoms with Crippen molar-refractivity contribution in [1.29, 1.82) is 0 Å².